The number of carbonyl (C=O) groups is 2. The third-order valence-corrected chi connectivity index (χ3v) is 3.82. The Morgan fingerprint density at radius 3 is 3.00 bits per heavy atom. The predicted octanol–water partition coefficient (Wildman–Crippen LogP) is 0.944. The van der Waals surface area contributed by atoms with E-state index in [0.717, 1.165) is 12.8 Å². The minimum absolute atomic E-state index is 0.203. The minimum atomic E-state index is -1.05. The Kier molecular flexibility index (Phi) is 4.06. The molecule has 2 unspecified atom stereocenters. The molecular weight excluding hydrogens is 286 g/mol. The van der Waals surface area contributed by atoms with Crippen LogP contribution in [0.25, 0.3) is 5.65 Å². The highest BCUT2D eigenvalue weighted by Crippen LogP contribution is 2.18. The molecule has 1 saturated heterocycles. The molecule has 7 nitrogen and oxygen atoms in total. The lowest BCUT2D eigenvalue weighted by Gasteiger charge is -2.27. The van der Waals surface area contributed by atoms with Crippen molar-refractivity contribution >= 4 is 17.5 Å². The van der Waals surface area contributed by atoms with Crippen molar-refractivity contribution in [1.82, 2.24) is 14.7 Å². The third kappa shape index (κ3) is 2.94. The van der Waals surface area contributed by atoms with E-state index in [1.807, 2.05) is 12.1 Å². The Morgan fingerprint density at radius 1 is 1.45 bits per heavy atom. The van der Waals surface area contributed by atoms with Crippen LogP contribution in [0.4, 0.5) is 0 Å². The number of hydrogen-bond donors (Lipinski definition) is 2. The number of imidazole rings is 1. The van der Waals surface area contributed by atoms with E-state index in [2.05, 4.69) is 10.3 Å². The summed E-state index contributed by atoms with van der Waals surface area (Å²) in [7, 11) is 0. The zero-order valence-corrected chi connectivity index (χ0v) is 11.9. The van der Waals surface area contributed by atoms with Crippen LogP contribution in [-0.4, -0.2) is 45.6 Å². The highest BCUT2D eigenvalue weighted by molar-refractivity contribution is 5.95. The molecular formula is C15H17N3O4. The van der Waals surface area contributed by atoms with Crippen LogP contribution in [0.5, 0.6) is 0 Å². The predicted molar refractivity (Wildman–Crippen MR) is 77.6 cm³/mol. The summed E-state index contributed by atoms with van der Waals surface area (Å²) in [4.78, 5) is 27.9. The lowest BCUT2D eigenvalue weighted by Crippen LogP contribution is -2.48. The molecule has 0 aliphatic carbocycles. The van der Waals surface area contributed by atoms with Crippen LogP contribution in [0.1, 0.15) is 23.3 Å². The number of ether oxygens (including phenoxy) is 1. The minimum Gasteiger partial charge on any atom is -0.480 e. The summed E-state index contributed by atoms with van der Waals surface area (Å²) in [6, 6.07) is 4.47. The van der Waals surface area contributed by atoms with Gasteiger partial charge in [-0.05, 0) is 25.0 Å². The third-order valence-electron chi connectivity index (χ3n) is 3.82. The maximum absolute atomic E-state index is 12.3. The van der Waals surface area contributed by atoms with Crippen molar-refractivity contribution in [3.8, 4) is 0 Å². The maximum Gasteiger partial charge on any atom is 0.326 e. The molecule has 2 aromatic rings. The molecule has 1 aliphatic heterocycles. The summed E-state index contributed by atoms with van der Waals surface area (Å²) in [5, 5.41) is 11.9. The van der Waals surface area contributed by atoms with E-state index in [1.54, 1.807) is 22.9 Å². The number of aliphatic carboxylic acids is 1. The molecule has 0 radical (unpaired) electrons. The van der Waals surface area contributed by atoms with Gasteiger partial charge in [-0.3, -0.25) is 4.79 Å². The Balaban J connectivity index is 1.76. The van der Waals surface area contributed by atoms with Gasteiger partial charge in [0.15, 0.2) is 0 Å². The second kappa shape index (κ2) is 6.15. The number of amides is 1. The number of carboxylic acids is 1. The van der Waals surface area contributed by atoms with Gasteiger partial charge in [0, 0.05) is 24.9 Å². The van der Waals surface area contributed by atoms with Gasteiger partial charge in [-0.1, -0.05) is 6.07 Å². The fourth-order valence-electron chi connectivity index (χ4n) is 2.67. The maximum atomic E-state index is 12.3. The first-order valence-electron chi connectivity index (χ1n) is 7.20. The molecule has 3 rings (SSSR count). The van der Waals surface area contributed by atoms with Crippen LogP contribution in [0.2, 0.25) is 0 Å². The Labute approximate surface area is 126 Å². The molecule has 22 heavy (non-hydrogen) atoms. The van der Waals surface area contributed by atoms with Crippen molar-refractivity contribution in [2.24, 2.45) is 5.92 Å². The number of fused-ring (bicyclic) bond motifs is 1. The summed E-state index contributed by atoms with van der Waals surface area (Å²) < 4.78 is 7.03. The van der Waals surface area contributed by atoms with E-state index >= 15 is 0 Å². The SMILES string of the molecule is O=C(NC(C(=O)O)C1CCCOC1)c1cn2ccccc2n1. The summed E-state index contributed by atoms with van der Waals surface area (Å²) in [5.41, 5.74) is 0.842. The van der Waals surface area contributed by atoms with Gasteiger partial charge in [0.05, 0.1) is 6.61 Å². The van der Waals surface area contributed by atoms with Crippen molar-refractivity contribution in [2.75, 3.05) is 13.2 Å². The standard InChI is InChI=1S/C15H17N3O4/c19-14(11-8-18-6-2-1-5-12(18)16-11)17-13(15(20)21)10-4-3-7-22-9-10/h1-2,5-6,8,10,13H,3-4,7,9H2,(H,17,19)(H,20,21). The number of rotatable bonds is 4. The molecule has 0 aromatic carbocycles. The molecule has 0 bridgehead atoms. The largest absolute Gasteiger partial charge is 0.480 e. The molecule has 1 aliphatic rings. The fourth-order valence-corrected chi connectivity index (χ4v) is 2.67. The number of hydrogen-bond acceptors (Lipinski definition) is 4. The number of pyridine rings is 1. The Morgan fingerprint density at radius 2 is 2.32 bits per heavy atom. The number of aromatic nitrogens is 2. The van der Waals surface area contributed by atoms with Crippen LogP contribution >= 0.6 is 0 Å². The van der Waals surface area contributed by atoms with Crippen LogP contribution in [0, 0.1) is 5.92 Å². The molecule has 7 heteroatoms. The van der Waals surface area contributed by atoms with Crippen molar-refractivity contribution in [3.63, 3.8) is 0 Å². The highest BCUT2D eigenvalue weighted by atomic mass is 16.5. The first kappa shape index (κ1) is 14.5. The molecule has 2 N–H and O–H groups in total. The van der Waals surface area contributed by atoms with E-state index in [1.165, 1.54) is 0 Å². The molecule has 0 spiro atoms. The van der Waals surface area contributed by atoms with E-state index < -0.39 is 17.9 Å². The summed E-state index contributed by atoms with van der Waals surface area (Å²) in [5.74, 6) is -1.75. The van der Waals surface area contributed by atoms with Crippen molar-refractivity contribution in [2.45, 2.75) is 18.9 Å². The highest BCUT2D eigenvalue weighted by Gasteiger charge is 2.32. The molecule has 0 saturated carbocycles. The zero-order valence-electron chi connectivity index (χ0n) is 11.9. The zero-order chi connectivity index (χ0) is 15.5. The average Bonchev–Trinajstić information content (AvgIpc) is 2.97. The van der Waals surface area contributed by atoms with Crippen LogP contribution < -0.4 is 5.32 Å². The van der Waals surface area contributed by atoms with E-state index in [-0.39, 0.29) is 11.6 Å². The first-order valence-corrected chi connectivity index (χ1v) is 7.20. The second-order valence-electron chi connectivity index (χ2n) is 5.36. The van der Waals surface area contributed by atoms with Gasteiger partial charge < -0.3 is 19.6 Å². The van der Waals surface area contributed by atoms with Crippen LogP contribution in [0.15, 0.2) is 30.6 Å². The lowest BCUT2D eigenvalue weighted by molar-refractivity contribution is -0.142. The van der Waals surface area contributed by atoms with E-state index in [4.69, 9.17) is 4.74 Å². The molecule has 2 atom stereocenters. The van der Waals surface area contributed by atoms with Gasteiger partial charge in [-0.15, -0.1) is 0 Å². The molecule has 3 heterocycles. The summed E-state index contributed by atoms with van der Waals surface area (Å²) in [6.07, 6.45) is 4.89. The lowest BCUT2D eigenvalue weighted by atomic mass is 9.93. The van der Waals surface area contributed by atoms with Crippen molar-refractivity contribution in [3.05, 3.63) is 36.3 Å². The Bertz CT molecular complexity index is 658. The number of nitrogens with zero attached hydrogens (tertiary/aromatic N) is 2. The summed E-state index contributed by atoms with van der Waals surface area (Å²) in [6.45, 7) is 0.992. The number of carbonyl (C=O) groups excluding carboxylic acids is 1. The molecule has 2 aromatic heterocycles. The first-order chi connectivity index (χ1) is 10.6. The smallest absolute Gasteiger partial charge is 0.326 e. The second-order valence-corrected chi connectivity index (χ2v) is 5.36. The average molecular weight is 303 g/mol. The topological polar surface area (TPSA) is 92.9 Å². The molecule has 1 amide bonds. The van der Waals surface area contributed by atoms with Crippen molar-refractivity contribution < 1.29 is 19.4 Å². The van der Waals surface area contributed by atoms with Gasteiger partial charge in [0.1, 0.15) is 17.4 Å². The number of nitrogens with one attached hydrogen (secondary N) is 1. The molecule has 116 valence electrons. The van der Waals surface area contributed by atoms with Gasteiger partial charge in [0.2, 0.25) is 0 Å². The molecule has 1 fully saturated rings. The van der Waals surface area contributed by atoms with Gasteiger partial charge >= 0.3 is 5.97 Å². The quantitative estimate of drug-likeness (QED) is 0.877. The van der Waals surface area contributed by atoms with E-state index in [0.29, 0.717) is 18.9 Å². The van der Waals surface area contributed by atoms with Gasteiger partial charge in [-0.25, -0.2) is 9.78 Å². The van der Waals surface area contributed by atoms with Crippen molar-refractivity contribution in [1.29, 1.82) is 0 Å². The van der Waals surface area contributed by atoms with E-state index in [9.17, 15) is 14.7 Å². The fraction of sp³-hybridized carbons (Fsp3) is 0.400. The number of carboxylic acid groups (broad SMARTS) is 1. The van der Waals surface area contributed by atoms with Crippen LogP contribution in [0.3, 0.4) is 0 Å². The Hall–Kier alpha value is -2.41. The van der Waals surface area contributed by atoms with Gasteiger partial charge in [-0.2, -0.15) is 0 Å². The monoisotopic (exact) mass is 303 g/mol. The van der Waals surface area contributed by atoms with Crippen LogP contribution in [-0.2, 0) is 9.53 Å². The van der Waals surface area contributed by atoms with Gasteiger partial charge in [0.25, 0.3) is 5.91 Å². The summed E-state index contributed by atoms with van der Waals surface area (Å²) >= 11 is 0. The normalized spacial score (nSPS) is 19.7.